The maximum absolute atomic E-state index is 3.62. The van der Waals surface area contributed by atoms with E-state index in [1.165, 1.54) is 27.1 Å². The van der Waals surface area contributed by atoms with Gasteiger partial charge in [0.25, 0.3) is 0 Å². The van der Waals surface area contributed by atoms with Crippen LogP contribution in [0.5, 0.6) is 0 Å². The summed E-state index contributed by atoms with van der Waals surface area (Å²) < 4.78 is 0. The SMILES string of the molecule is CCNC(CSc1ccccc1C)c1cc(C)cc(C)c1. The highest BCUT2D eigenvalue weighted by Crippen LogP contribution is 2.28. The van der Waals surface area contributed by atoms with Crippen molar-refractivity contribution in [1.82, 2.24) is 5.32 Å². The molecule has 0 radical (unpaired) electrons. The number of nitrogens with one attached hydrogen (secondary N) is 1. The van der Waals surface area contributed by atoms with Gasteiger partial charge in [-0.1, -0.05) is 54.4 Å². The number of thioether (sulfide) groups is 1. The zero-order valence-electron chi connectivity index (χ0n) is 13.4. The fourth-order valence-electron chi connectivity index (χ4n) is 2.62. The second kappa shape index (κ2) is 7.67. The molecule has 0 heterocycles. The Balaban J connectivity index is 2.14. The highest BCUT2D eigenvalue weighted by Gasteiger charge is 2.12. The van der Waals surface area contributed by atoms with Crippen LogP contribution in [-0.4, -0.2) is 12.3 Å². The van der Waals surface area contributed by atoms with E-state index < -0.39 is 0 Å². The van der Waals surface area contributed by atoms with Crippen LogP contribution in [0.2, 0.25) is 0 Å². The summed E-state index contributed by atoms with van der Waals surface area (Å²) in [6.07, 6.45) is 0. The first kappa shape index (κ1) is 16.1. The second-order valence-electron chi connectivity index (χ2n) is 5.61. The van der Waals surface area contributed by atoms with Crippen molar-refractivity contribution < 1.29 is 0 Å². The van der Waals surface area contributed by atoms with E-state index in [1.54, 1.807) is 0 Å². The molecule has 1 unspecified atom stereocenters. The largest absolute Gasteiger partial charge is 0.309 e. The Labute approximate surface area is 133 Å². The van der Waals surface area contributed by atoms with Gasteiger partial charge in [-0.15, -0.1) is 11.8 Å². The van der Waals surface area contributed by atoms with Crippen LogP contribution in [0.3, 0.4) is 0 Å². The molecule has 1 nitrogen and oxygen atoms in total. The van der Waals surface area contributed by atoms with E-state index in [4.69, 9.17) is 0 Å². The normalized spacial score (nSPS) is 12.4. The van der Waals surface area contributed by atoms with E-state index in [0.29, 0.717) is 6.04 Å². The molecule has 0 bridgehead atoms. The monoisotopic (exact) mass is 299 g/mol. The number of benzene rings is 2. The maximum atomic E-state index is 3.62. The van der Waals surface area contributed by atoms with Gasteiger partial charge in [0.15, 0.2) is 0 Å². The molecule has 0 aliphatic rings. The predicted molar refractivity (Wildman–Crippen MR) is 94.2 cm³/mol. The fourth-order valence-corrected chi connectivity index (χ4v) is 3.75. The van der Waals surface area contributed by atoms with E-state index in [9.17, 15) is 0 Å². The Morgan fingerprint density at radius 1 is 1.00 bits per heavy atom. The van der Waals surface area contributed by atoms with Crippen molar-refractivity contribution in [3.8, 4) is 0 Å². The van der Waals surface area contributed by atoms with Crippen molar-refractivity contribution in [1.29, 1.82) is 0 Å². The van der Waals surface area contributed by atoms with Crippen LogP contribution >= 0.6 is 11.8 Å². The van der Waals surface area contributed by atoms with Crippen LogP contribution in [-0.2, 0) is 0 Å². The summed E-state index contributed by atoms with van der Waals surface area (Å²) in [6.45, 7) is 9.70. The molecule has 1 atom stereocenters. The molecule has 2 aromatic rings. The third kappa shape index (κ3) is 4.62. The van der Waals surface area contributed by atoms with E-state index >= 15 is 0 Å². The lowest BCUT2D eigenvalue weighted by atomic mass is 10.0. The molecular formula is C19H25NS. The molecule has 0 amide bonds. The standard InChI is InChI=1S/C19H25NS/c1-5-20-18(17-11-14(2)10-15(3)12-17)13-21-19-9-7-6-8-16(19)4/h6-12,18,20H,5,13H2,1-4H3. The van der Waals surface area contributed by atoms with Gasteiger partial charge in [-0.05, 0) is 44.5 Å². The molecule has 0 saturated carbocycles. The third-order valence-corrected chi connectivity index (χ3v) is 4.87. The lowest BCUT2D eigenvalue weighted by molar-refractivity contribution is 0.605. The number of hydrogen-bond donors (Lipinski definition) is 1. The highest BCUT2D eigenvalue weighted by molar-refractivity contribution is 7.99. The van der Waals surface area contributed by atoms with Gasteiger partial charge in [0.1, 0.15) is 0 Å². The van der Waals surface area contributed by atoms with E-state index in [0.717, 1.165) is 12.3 Å². The first-order chi connectivity index (χ1) is 10.1. The Kier molecular flexibility index (Phi) is 5.89. The lowest BCUT2D eigenvalue weighted by Gasteiger charge is -2.19. The van der Waals surface area contributed by atoms with Crippen molar-refractivity contribution in [2.75, 3.05) is 12.3 Å². The van der Waals surface area contributed by atoms with Crippen LogP contribution in [0.4, 0.5) is 0 Å². The van der Waals surface area contributed by atoms with Crippen LogP contribution in [0, 0.1) is 20.8 Å². The number of hydrogen-bond acceptors (Lipinski definition) is 2. The number of aryl methyl sites for hydroxylation is 3. The van der Waals surface area contributed by atoms with Crippen LogP contribution in [0.15, 0.2) is 47.4 Å². The Bertz CT molecular complexity index is 572. The van der Waals surface area contributed by atoms with Crippen molar-refractivity contribution in [3.63, 3.8) is 0 Å². The van der Waals surface area contributed by atoms with Gasteiger partial charge in [-0.25, -0.2) is 0 Å². The van der Waals surface area contributed by atoms with Gasteiger partial charge in [0.2, 0.25) is 0 Å². The first-order valence-corrected chi connectivity index (χ1v) is 8.58. The minimum atomic E-state index is 0.401. The molecule has 0 saturated heterocycles. The molecule has 0 aliphatic heterocycles. The number of rotatable bonds is 6. The molecule has 112 valence electrons. The third-order valence-electron chi connectivity index (χ3n) is 3.60. The molecule has 0 aliphatic carbocycles. The van der Waals surface area contributed by atoms with Gasteiger partial charge < -0.3 is 5.32 Å². The summed E-state index contributed by atoms with van der Waals surface area (Å²) in [6, 6.07) is 15.9. The van der Waals surface area contributed by atoms with Gasteiger partial charge in [-0.2, -0.15) is 0 Å². The maximum Gasteiger partial charge on any atom is 0.0415 e. The van der Waals surface area contributed by atoms with Crippen molar-refractivity contribution in [2.24, 2.45) is 0 Å². The molecule has 2 aromatic carbocycles. The van der Waals surface area contributed by atoms with Crippen LogP contribution in [0.1, 0.15) is 35.2 Å². The average molecular weight is 299 g/mol. The Morgan fingerprint density at radius 3 is 2.29 bits per heavy atom. The van der Waals surface area contributed by atoms with E-state index in [2.05, 4.69) is 75.5 Å². The Hall–Kier alpha value is -1.25. The smallest absolute Gasteiger partial charge is 0.0415 e. The minimum Gasteiger partial charge on any atom is -0.309 e. The predicted octanol–water partition coefficient (Wildman–Crippen LogP) is 5.05. The summed E-state index contributed by atoms with van der Waals surface area (Å²) in [5.74, 6) is 1.06. The van der Waals surface area contributed by atoms with Crippen molar-refractivity contribution >= 4 is 11.8 Å². The molecular weight excluding hydrogens is 274 g/mol. The van der Waals surface area contributed by atoms with E-state index in [1.807, 2.05) is 11.8 Å². The molecule has 0 fully saturated rings. The Morgan fingerprint density at radius 2 is 1.67 bits per heavy atom. The summed E-state index contributed by atoms with van der Waals surface area (Å²) in [5.41, 5.74) is 5.44. The van der Waals surface area contributed by atoms with Gasteiger partial charge in [0.05, 0.1) is 0 Å². The molecule has 2 rings (SSSR count). The summed E-state index contributed by atoms with van der Waals surface area (Å²) >= 11 is 1.94. The van der Waals surface area contributed by atoms with Crippen molar-refractivity contribution in [2.45, 2.75) is 38.6 Å². The van der Waals surface area contributed by atoms with E-state index in [-0.39, 0.29) is 0 Å². The zero-order chi connectivity index (χ0) is 15.2. The fraction of sp³-hybridized carbons (Fsp3) is 0.368. The molecule has 0 aromatic heterocycles. The van der Waals surface area contributed by atoms with Gasteiger partial charge >= 0.3 is 0 Å². The summed E-state index contributed by atoms with van der Waals surface area (Å²) in [5, 5.41) is 3.62. The van der Waals surface area contributed by atoms with Gasteiger partial charge in [-0.3, -0.25) is 0 Å². The molecule has 21 heavy (non-hydrogen) atoms. The van der Waals surface area contributed by atoms with Crippen molar-refractivity contribution in [3.05, 3.63) is 64.7 Å². The lowest BCUT2D eigenvalue weighted by Crippen LogP contribution is -2.23. The molecule has 0 spiro atoms. The molecule has 2 heteroatoms. The van der Waals surface area contributed by atoms with Crippen LogP contribution in [0.25, 0.3) is 0 Å². The molecule has 1 N–H and O–H groups in total. The van der Waals surface area contributed by atoms with Crippen LogP contribution < -0.4 is 5.32 Å². The topological polar surface area (TPSA) is 12.0 Å². The quantitative estimate of drug-likeness (QED) is 0.749. The zero-order valence-corrected chi connectivity index (χ0v) is 14.3. The average Bonchev–Trinajstić information content (AvgIpc) is 2.44. The minimum absolute atomic E-state index is 0.401. The summed E-state index contributed by atoms with van der Waals surface area (Å²) in [4.78, 5) is 1.38. The highest BCUT2D eigenvalue weighted by atomic mass is 32.2. The second-order valence-corrected chi connectivity index (χ2v) is 6.67. The van der Waals surface area contributed by atoms with Gasteiger partial charge in [0, 0.05) is 16.7 Å². The first-order valence-electron chi connectivity index (χ1n) is 7.60. The summed E-state index contributed by atoms with van der Waals surface area (Å²) in [7, 11) is 0.